The first-order valence-corrected chi connectivity index (χ1v) is 2.20. The van der Waals surface area contributed by atoms with Gasteiger partial charge in [0.05, 0.1) is 0 Å². The second-order valence-corrected chi connectivity index (χ2v) is 1.41. The summed E-state index contributed by atoms with van der Waals surface area (Å²) in [7, 11) is 0. The Kier molecular flexibility index (Phi) is 3.60. The fourth-order valence-electron chi connectivity index (χ4n) is 0.453. The third-order valence-corrected chi connectivity index (χ3v) is 0.800. The molecule has 0 aliphatic heterocycles. The minimum absolute atomic E-state index is 0. The van der Waals surface area contributed by atoms with Gasteiger partial charge in [0.1, 0.15) is 0 Å². The molecule has 0 saturated heterocycles. The molecule has 1 aromatic rings. The van der Waals surface area contributed by atoms with Crippen LogP contribution in [0.2, 0.25) is 0 Å². The van der Waals surface area contributed by atoms with Gasteiger partial charge in [-0.3, -0.25) is 0 Å². The lowest BCUT2D eigenvalue weighted by Gasteiger charge is -1.83. The molecule has 0 atom stereocenters. The number of nitrogen functional groups attached to an aromatic ring is 1. The average Bonchev–Trinajstić information content (AvgIpc) is 1.69. The molecule has 0 aliphatic carbocycles. The van der Waals surface area contributed by atoms with Gasteiger partial charge in [-0.25, -0.2) is 0 Å². The van der Waals surface area contributed by atoms with E-state index in [0.29, 0.717) is 0 Å². The second kappa shape index (κ2) is 3.72. The first-order valence-electron chi connectivity index (χ1n) is 2.20. The maximum Gasteiger partial charge on any atom is 0.0313 e. The van der Waals surface area contributed by atoms with Gasteiger partial charge in [0.25, 0.3) is 0 Å². The van der Waals surface area contributed by atoms with Crippen LogP contribution in [0.5, 0.6) is 0 Å². The van der Waals surface area contributed by atoms with Crippen molar-refractivity contribution in [2.75, 3.05) is 5.73 Å². The highest BCUT2D eigenvalue weighted by Gasteiger charge is 1.72. The largest absolute Gasteiger partial charge is 0.399 e. The number of nitrogens with two attached hydrogens (primary N) is 1. The predicted molar refractivity (Wildman–Crippen MR) is 46.3 cm³/mol. The third-order valence-electron chi connectivity index (χ3n) is 0.800. The molecule has 0 saturated carbocycles. The Morgan fingerprint density at radius 1 is 1.00 bits per heavy atom. The summed E-state index contributed by atoms with van der Waals surface area (Å²) in [4.78, 5) is 0. The summed E-state index contributed by atoms with van der Waals surface area (Å²) in [5.74, 6) is 0. The summed E-state index contributed by atoms with van der Waals surface area (Å²) in [6.45, 7) is 0. The van der Waals surface area contributed by atoms with Crippen molar-refractivity contribution in [1.82, 2.24) is 0 Å². The fourth-order valence-corrected chi connectivity index (χ4v) is 0.453. The van der Waals surface area contributed by atoms with E-state index in [1.165, 1.54) is 0 Å². The van der Waals surface area contributed by atoms with Crippen molar-refractivity contribution in [3.05, 3.63) is 30.3 Å². The van der Waals surface area contributed by atoms with Gasteiger partial charge >= 0.3 is 0 Å². The Morgan fingerprint density at radius 2 is 1.50 bits per heavy atom. The fraction of sp³-hybridized carbons (Fsp3) is 0. The van der Waals surface area contributed by atoms with E-state index >= 15 is 0 Å². The molecule has 2 heteroatoms. The highest BCUT2D eigenvalue weighted by atomic mass is 127. The second-order valence-electron chi connectivity index (χ2n) is 1.41. The van der Waals surface area contributed by atoms with Gasteiger partial charge in [-0.05, 0) is 12.1 Å². The van der Waals surface area contributed by atoms with E-state index in [-0.39, 0.29) is 24.0 Å². The molecule has 0 aliphatic rings. The molecule has 44 valence electrons. The minimum Gasteiger partial charge on any atom is -0.399 e. The first-order chi connectivity index (χ1) is 3.39. The quantitative estimate of drug-likeness (QED) is 0.525. The third kappa shape index (κ3) is 2.16. The maximum atomic E-state index is 5.36. The van der Waals surface area contributed by atoms with Crippen LogP contribution in [-0.2, 0) is 0 Å². The van der Waals surface area contributed by atoms with Crippen molar-refractivity contribution in [1.29, 1.82) is 0 Å². The number of para-hydroxylation sites is 1. The molecule has 0 radical (unpaired) electrons. The average molecular weight is 221 g/mol. The smallest absolute Gasteiger partial charge is 0.0313 e. The number of hydrogen-bond donors (Lipinski definition) is 1. The zero-order chi connectivity index (χ0) is 5.11. The predicted octanol–water partition coefficient (Wildman–Crippen LogP) is 1.89. The Labute approximate surface area is 65.9 Å². The lowest BCUT2D eigenvalue weighted by Crippen LogP contribution is -1.79. The van der Waals surface area contributed by atoms with Crippen LogP contribution in [0, 0.1) is 0 Å². The molecule has 8 heavy (non-hydrogen) atoms. The van der Waals surface area contributed by atoms with Gasteiger partial charge < -0.3 is 5.73 Å². The van der Waals surface area contributed by atoms with Crippen LogP contribution in [0.4, 0.5) is 5.69 Å². The summed E-state index contributed by atoms with van der Waals surface area (Å²) >= 11 is 0. The molecule has 1 nitrogen and oxygen atoms in total. The van der Waals surface area contributed by atoms with Gasteiger partial charge in [0, 0.05) is 5.69 Å². The molecule has 0 fully saturated rings. The monoisotopic (exact) mass is 221 g/mol. The first kappa shape index (κ1) is 7.75. The van der Waals surface area contributed by atoms with E-state index in [1.807, 2.05) is 30.3 Å². The lowest BCUT2D eigenvalue weighted by molar-refractivity contribution is 1.69. The molecule has 0 aromatic heterocycles. The van der Waals surface area contributed by atoms with Gasteiger partial charge in [-0.1, -0.05) is 18.2 Å². The van der Waals surface area contributed by atoms with Crippen LogP contribution in [0.3, 0.4) is 0 Å². The topological polar surface area (TPSA) is 26.0 Å². The molecule has 2 N–H and O–H groups in total. The molecule has 0 heterocycles. The van der Waals surface area contributed by atoms with Crippen molar-refractivity contribution >= 4 is 29.7 Å². The molecule has 0 amide bonds. The summed E-state index contributed by atoms with van der Waals surface area (Å²) in [5, 5.41) is 0. The highest BCUT2D eigenvalue weighted by molar-refractivity contribution is 14.0. The number of hydrogen-bond acceptors (Lipinski definition) is 1. The van der Waals surface area contributed by atoms with Gasteiger partial charge in [-0.15, -0.1) is 24.0 Å². The van der Waals surface area contributed by atoms with E-state index in [2.05, 4.69) is 0 Å². The zero-order valence-electron chi connectivity index (χ0n) is 4.37. The Hall–Kier alpha value is -0.250. The molecule has 1 rings (SSSR count). The van der Waals surface area contributed by atoms with Crippen molar-refractivity contribution in [3.63, 3.8) is 0 Å². The minimum atomic E-state index is 0. The van der Waals surface area contributed by atoms with Crippen molar-refractivity contribution < 1.29 is 0 Å². The van der Waals surface area contributed by atoms with Gasteiger partial charge in [0.2, 0.25) is 0 Å². The van der Waals surface area contributed by atoms with Crippen LogP contribution < -0.4 is 5.73 Å². The zero-order valence-corrected chi connectivity index (χ0v) is 6.70. The number of rotatable bonds is 0. The van der Waals surface area contributed by atoms with E-state index in [4.69, 9.17) is 5.73 Å². The van der Waals surface area contributed by atoms with Gasteiger partial charge in [-0.2, -0.15) is 0 Å². The summed E-state index contributed by atoms with van der Waals surface area (Å²) in [5.41, 5.74) is 6.18. The SMILES string of the molecule is I.Nc1ccccc1. The Balaban J connectivity index is 0.000000490. The normalized spacial score (nSPS) is 7.50. The van der Waals surface area contributed by atoms with E-state index in [1.54, 1.807) is 0 Å². The molecular formula is C6H8IN. The number of benzene rings is 1. The molecule has 0 spiro atoms. The number of halogens is 1. The van der Waals surface area contributed by atoms with E-state index in [0.717, 1.165) is 5.69 Å². The standard InChI is InChI=1S/C6H7N.HI/c7-6-4-2-1-3-5-6;/h1-5H,7H2;1H. The summed E-state index contributed by atoms with van der Waals surface area (Å²) in [6, 6.07) is 9.49. The molecular weight excluding hydrogens is 213 g/mol. The molecule has 0 unspecified atom stereocenters. The lowest BCUT2D eigenvalue weighted by atomic mass is 10.3. The molecule has 1 aromatic carbocycles. The van der Waals surface area contributed by atoms with Crippen LogP contribution in [-0.4, -0.2) is 0 Å². The van der Waals surface area contributed by atoms with Gasteiger partial charge in [0.15, 0.2) is 0 Å². The maximum absolute atomic E-state index is 5.36. The van der Waals surface area contributed by atoms with E-state index in [9.17, 15) is 0 Å². The van der Waals surface area contributed by atoms with Crippen LogP contribution in [0.1, 0.15) is 0 Å². The summed E-state index contributed by atoms with van der Waals surface area (Å²) < 4.78 is 0. The van der Waals surface area contributed by atoms with Crippen LogP contribution in [0.25, 0.3) is 0 Å². The highest BCUT2D eigenvalue weighted by Crippen LogP contribution is 1.95. The van der Waals surface area contributed by atoms with Crippen molar-refractivity contribution in [2.24, 2.45) is 0 Å². The Bertz CT molecular complexity index is 138. The number of anilines is 1. The van der Waals surface area contributed by atoms with Crippen LogP contribution >= 0.6 is 24.0 Å². The summed E-state index contributed by atoms with van der Waals surface area (Å²) in [6.07, 6.45) is 0. The van der Waals surface area contributed by atoms with E-state index < -0.39 is 0 Å². The molecule has 0 bridgehead atoms. The Morgan fingerprint density at radius 3 is 1.75 bits per heavy atom. The van der Waals surface area contributed by atoms with Crippen molar-refractivity contribution in [3.8, 4) is 0 Å². The van der Waals surface area contributed by atoms with Crippen LogP contribution in [0.15, 0.2) is 30.3 Å². The van der Waals surface area contributed by atoms with Crippen molar-refractivity contribution in [2.45, 2.75) is 0 Å².